The smallest absolute Gasteiger partial charge is 0.169 e. The maximum absolute atomic E-state index is 11.6. The Morgan fingerprint density at radius 3 is 2.44 bits per heavy atom. The van der Waals surface area contributed by atoms with Crippen LogP contribution in [0.3, 0.4) is 0 Å². The van der Waals surface area contributed by atoms with Gasteiger partial charge in [0.05, 0.1) is 0 Å². The van der Waals surface area contributed by atoms with Crippen molar-refractivity contribution in [3.63, 3.8) is 0 Å². The largest absolute Gasteiger partial charge is 1.00 e. The Hall–Kier alpha value is -0.710. The molecule has 16 heavy (non-hydrogen) atoms. The molecule has 0 saturated heterocycles. The van der Waals surface area contributed by atoms with E-state index in [4.69, 9.17) is 0 Å². The van der Waals surface area contributed by atoms with Gasteiger partial charge in [0.2, 0.25) is 0 Å². The number of hydrogen-bond acceptors (Lipinski definition) is 1. The Balaban J connectivity index is 0.00000128. The molecule has 1 aromatic rings. The van der Waals surface area contributed by atoms with Crippen molar-refractivity contribution in [2.75, 3.05) is 0 Å². The quantitative estimate of drug-likeness (QED) is 0.369. The Morgan fingerprint density at radius 1 is 1.19 bits per heavy atom. The van der Waals surface area contributed by atoms with E-state index in [-0.39, 0.29) is 24.0 Å². The summed E-state index contributed by atoms with van der Waals surface area (Å²) in [5, 5.41) is 0. The second-order valence-corrected chi connectivity index (χ2v) is 4.10. The predicted octanol–water partition coefficient (Wildman–Crippen LogP) is -0.958. The number of Topliss-reactive ketones (excluding diaryl/α,β-unsaturated/α-hetero) is 1. The summed E-state index contributed by atoms with van der Waals surface area (Å²) in [5.74, 6) is 0.328. The number of halogens is 1. The molecule has 1 aliphatic rings. The summed E-state index contributed by atoms with van der Waals surface area (Å²) in [6.45, 7) is 0. The number of aromatic nitrogens is 1. The Morgan fingerprint density at radius 2 is 1.81 bits per heavy atom. The summed E-state index contributed by atoms with van der Waals surface area (Å²) >= 11 is 0. The zero-order chi connectivity index (χ0) is 10.7. The van der Waals surface area contributed by atoms with Crippen molar-refractivity contribution >= 4 is 11.9 Å². The minimum absolute atomic E-state index is 0. The van der Waals surface area contributed by atoms with Gasteiger partial charge in [-0.3, -0.25) is 4.79 Å². The molecule has 86 valence electrons. The first-order valence-corrected chi connectivity index (χ1v) is 5.45. The number of aryl methyl sites for hydroxylation is 1. The van der Waals surface area contributed by atoms with Crippen LogP contribution in [0, 0.1) is 0 Å². The molecular formula is C13H16INO. The molecule has 2 rings (SSSR count). The molecule has 2 nitrogen and oxygen atoms in total. The third-order valence-electron chi connectivity index (χ3n) is 2.80. The number of ketones is 1. The Labute approximate surface area is 113 Å². The molecule has 0 aliphatic heterocycles. The second kappa shape index (κ2) is 6.13. The molecule has 0 unspecified atom stereocenters. The van der Waals surface area contributed by atoms with Gasteiger partial charge in [0.15, 0.2) is 18.2 Å². The van der Waals surface area contributed by atoms with E-state index in [2.05, 4.69) is 0 Å². The molecule has 1 saturated carbocycles. The van der Waals surface area contributed by atoms with Crippen LogP contribution >= 0.6 is 0 Å². The molecule has 0 aromatic carbocycles. The minimum Gasteiger partial charge on any atom is -1.00 e. The van der Waals surface area contributed by atoms with Gasteiger partial charge in [-0.1, -0.05) is 0 Å². The highest BCUT2D eigenvalue weighted by Gasteiger charge is 2.14. The van der Waals surface area contributed by atoms with Gasteiger partial charge in [-0.05, 0) is 36.5 Å². The van der Waals surface area contributed by atoms with Crippen molar-refractivity contribution in [2.45, 2.75) is 25.7 Å². The lowest BCUT2D eigenvalue weighted by atomic mass is 9.92. The van der Waals surface area contributed by atoms with Gasteiger partial charge in [-0.2, -0.15) is 0 Å². The number of carbonyl (C=O) groups excluding carboxylic acids is 1. The standard InChI is InChI=1S/C13H16NO.HI/c1-14-8-6-11(7-9-14)10-12-4-2-3-5-13(12)15;/h6-10H,2-5H2,1H3;1H/q+1;/p-1. The second-order valence-electron chi connectivity index (χ2n) is 4.10. The normalized spacial score (nSPS) is 18.3. The number of hydrogen-bond donors (Lipinski definition) is 0. The summed E-state index contributed by atoms with van der Waals surface area (Å²) in [6.07, 6.45) is 9.91. The summed E-state index contributed by atoms with van der Waals surface area (Å²) < 4.78 is 1.99. The van der Waals surface area contributed by atoms with Crippen LogP contribution in [0.1, 0.15) is 31.2 Å². The molecule has 0 amide bonds. The van der Waals surface area contributed by atoms with Gasteiger partial charge in [0.25, 0.3) is 0 Å². The topological polar surface area (TPSA) is 20.9 Å². The van der Waals surface area contributed by atoms with Gasteiger partial charge < -0.3 is 24.0 Å². The van der Waals surface area contributed by atoms with Crippen LogP contribution in [-0.2, 0) is 11.8 Å². The van der Waals surface area contributed by atoms with Crippen LogP contribution in [0.5, 0.6) is 0 Å². The monoisotopic (exact) mass is 329 g/mol. The van der Waals surface area contributed by atoms with E-state index in [1.54, 1.807) is 0 Å². The lowest BCUT2D eigenvalue weighted by Gasteiger charge is -2.11. The number of carbonyl (C=O) groups is 1. The highest BCUT2D eigenvalue weighted by Crippen LogP contribution is 2.21. The predicted molar refractivity (Wildman–Crippen MR) is 59.1 cm³/mol. The number of nitrogens with zero attached hydrogens (tertiary/aromatic N) is 1. The fourth-order valence-corrected chi connectivity index (χ4v) is 1.86. The zero-order valence-electron chi connectivity index (χ0n) is 9.45. The zero-order valence-corrected chi connectivity index (χ0v) is 11.6. The van der Waals surface area contributed by atoms with Crippen molar-refractivity contribution in [3.05, 3.63) is 35.7 Å². The first-order chi connectivity index (χ1) is 7.25. The van der Waals surface area contributed by atoms with Crippen molar-refractivity contribution in [3.8, 4) is 0 Å². The molecule has 1 aromatic heterocycles. The molecule has 0 atom stereocenters. The molecule has 0 N–H and O–H groups in total. The summed E-state index contributed by atoms with van der Waals surface area (Å²) in [4.78, 5) is 11.6. The highest BCUT2D eigenvalue weighted by atomic mass is 127. The van der Waals surface area contributed by atoms with Crippen LogP contribution < -0.4 is 28.5 Å². The molecule has 1 heterocycles. The van der Waals surface area contributed by atoms with E-state index in [9.17, 15) is 4.79 Å². The molecule has 0 spiro atoms. The first kappa shape index (κ1) is 13.4. The van der Waals surface area contributed by atoms with Gasteiger partial charge in [-0.15, -0.1) is 0 Å². The molecule has 1 aliphatic carbocycles. The lowest BCUT2D eigenvalue weighted by Crippen LogP contribution is -3.00. The van der Waals surface area contributed by atoms with Crippen molar-refractivity contribution in [1.82, 2.24) is 0 Å². The van der Waals surface area contributed by atoms with Crippen LogP contribution in [0.25, 0.3) is 6.08 Å². The fraction of sp³-hybridized carbons (Fsp3) is 0.385. The van der Waals surface area contributed by atoms with Gasteiger partial charge in [0.1, 0.15) is 7.05 Å². The number of allylic oxidation sites excluding steroid dienone is 1. The molecular weight excluding hydrogens is 313 g/mol. The Bertz CT molecular complexity index is 395. The lowest BCUT2D eigenvalue weighted by molar-refractivity contribution is -0.671. The van der Waals surface area contributed by atoms with Gasteiger partial charge in [-0.25, -0.2) is 4.57 Å². The van der Waals surface area contributed by atoms with Crippen molar-refractivity contribution in [1.29, 1.82) is 0 Å². The van der Waals surface area contributed by atoms with Crippen LogP contribution in [0.15, 0.2) is 30.1 Å². The number of pyridine rings is 1. The summed E-state index contributed by atoms with van der Waals surface area (Å²) in [5.41, 5.74) is 2.12. The van der Waals surface area contributed by atoms with E-state index in [0.717, 1.165) is 36.8 Å². The minimum atomic E-state index is 0. The van der Waals surface area contributed by atoms with Crippen molar-refractivity contribution < 1.29 is 33.3 Å². The molecule has 0 radical (unpaired) electrons. The summed E-state index contributed by atoms with van der Waals surface area (Å²) in [6, 6.07) is 4.07. The van der Waals surface area contributed by atoms with E-state index >= 15 is 0 Å². The maximum atomic E-state index is 11.6. The Kier molecular flexibility index (Phi) is 5.12. The van der Waals surface area contributed by atoms with Gasteiger partial charge >= 0.3 is 0 Å². The maximum Gasteiger partial charge on any atom is 0.169 e. The summed E-state index contributed by atoms with van der Waals surface area (Å²) in [7, 11) is 1.99. The fourth-order valence-electron chi connectivity index (χ4n) is 1.86. The average molecular weight is 329 g/mol. The van der Waals surface area contributed by atoms with Gasteiger partial charge in [0, 0.05) is 18.6 Å². The van der Waals surface area contributed by atoms with E-state index in [1.165, 1.54) is 0 Å². The van der Waals surface area contributed by atoms with Crippen molar-refractivity contribution in [2.24, 2.45) is 7.05 Å². The third kappa shape index (κ3) is 3.40. The highest BCUT2D eigenvalue weighted by molar-refractivity contribution is 6.00. The average Bonchev–Trinajstić information content (AvgIpc) is 2.25. The number of rotatable bonds is 1. The van der Waals surface area contributed by atoms with E-state index in [1.807, 2.05) is 42.2 Å². The SMILES string of the molecule is C[n+]1ccc(C=C2CCCCC2=O)cc1.[I-]. The van der Waals surface area contributed by atoms with E-state index < -0.39 is 0 Å². The molecule has 0 bridgehead atoms. The van der Waals surface area contributed by atoms with Crippen LogP contribution in [0.2, 0.25) is 0 Å². The van der Waals surface area contributed by atoms with Crippen LogP contribution in [0.4, 0.5) is 0 Å². The first-order valence-electron chi connectivity index (χ1n) is 5.45. The molecule has 1 fully saturated rings. The van der Waals surface area contributed by atoms with E-state index in [0.29, 0.717) is 5.78 Å². The third-order valence-corrected chi connectivity index (χ3v) is 2.80. The molecule has 3 heteroatoms. The van der Waals surface area contributed by atoms with Crippen LogP contribution in [-0.4, -0.2) is 5.78 Å².